The molecule has 1 heterocycles. The minimum absolute atomic E-state index is 0.185. The smallest absolute Gasteiger partial charge is 0.126 e. The van der Waals surface area contributed by atoms with E-state index < -0.39 is 0 Å². The normalized spacial score (nSPS) is 10.7. The number of aromatic nitrogens is 1. The number of rotatable bonds is 7. The highest BCUT2D eigenvalue weighted by molar-refractivity contribution is 6.30. The zero-order valence-electron chi connectivity index (χ0n) is 14.5. The average molecular weight is 371 g/mol. The second kappa shape index (κ2) is 8.79. The zero-order chi connectivity index (χ0) is 18.4. The Labute approximate surface area is 157 Å². The molecule has 0 unspecified atom stereocenters. The standard InChI is InChI=1S/C21H20ClFN2O/c1-15-9-16(4-6-20(15)23)11-25-13-18-10-19(22)5-7-21(18)26-14-17-3-2-8-24-12-17/h2-10,12,25H,11,13-14H2,1H3. The lowest BCUT2D eigenvalue weighted by Crippen LogP contribution is -2.14. The summed E-state index contributed by atoms with van der Waals surface area (Å²) in [7, 11) is 0. The minimum Gasteiger partial charge on any atom is -0.489 e. The molecule has 0 radical (unpaired) electrons. The van der Waals surface area contributed by atoms with Gasteiger partial charge in [0.1, 0.15) is 18.2 Å². The highest BCUT2D eigenvalue weighted by Crippen LogP contribution is 2.24. The van der Waals surface area contributed by atoms with Crippen molar-refractivity contribution in [2.24, 2.45) is 0 Å². The van der Waals surface area contributed by atoms with Gasteiger partial charge >= 0.3 is 0 Å². The molecule has 26 heavy (non-hydrogen) atoms. The molecular weight excluding hydrogens is 351 g/mol. The van der Waals surface area contributed by atoms with Crippen LogP contribution in [0.15, 0.2) is 60.9 Å². The third-order valence-corrected chi connectivity index (χ3v) is 4.24. The van der Waals surface area contributed by atoms with E-state index in [9.17, 15) is 4.39 Å². The van der Waals surface area contributed by atoms with E-state index in [0.29, 0.717) is 30.3 Å². The molecule has 5 heteroatoms. The Bertz CT molecular complexity index is 871. The van der Waals surface area contributed by atoms with Crippen molar-refractivity contribution in [3.8, 4) is 5.75 Å². The SMILES string of the molecule is Cc1cc(CNCc2cc(Cl)ccc2OCc2cccnc2)ccc1F. The summed E-state index contributed by atoms with van der Waals surface area (Å²) in [6.45, 7) is 3.44. The van der Waals surface area contributed by atoms with Gasteiger partial charge in [-0.1, -0.05) is 29.8 Å². The summed E-state index contributed by atoms with van der Waals surface area (Å²) in [5, 5.41) is 4.02. The van der Waals surface area contributed by atoms with E-state index in [1.54, 1.807) is 25.4 Å². The quantitative estimate of drug-likeness (QED) is 0.631. The molecule has 0 saturated heterocycles. The van der Waals surface area contributed by atoms with Crippen LogP contribution in [-0.2, 0) is 19.7 Å². The lowest BCUT2D eigenvalue weighted by molar-refractivity contribution is 0.301. The summed E-state index contributed by atoms with van der Waals surface area (Å²) < 4.78 is 19.3. The highest BCUT2D eigenvalue weighted by Gasteiger charge is 2.06. The lowest BCUT2D eigenvalue weighted by atomic mass is 10.1. The number of hydrogen-bond acceptors (Lipinski definition) is 3. The van der Waals surface area contributed by atoms with Gasteiger partial charge in [0, 0.05) is 41.6 Å². The zero-order valence-corrected chi connectivity index (χ0v) is 15.3. The maximum atomic E-state index is 13.4. The Morgan fingerprint density at radius 3 is 2.73 bits per heavy atom. The number of aryl methyl sites for hydroxylation is 1. The van der Waals surface area contributed by atoms with Gasteiger partial charge in [0.25, 0.3) is 0 Å². The molecule has 1 aromatic heterocycles. The number of benzene rings is 2. The third-order valence-electron chi connectivity index (χ3n) is 4.01. The first kappa shape index (κ1) is 18.4. The fraction of sp³-hybridized carbons (Fsp3) is 0.190. The van der Waals surface area contributed by atoms with Crippen LogP contribution >= 0.6 is 11.6 Å². The van der Waals surface area contributed by atoms with E-state index in [0.717, 1.165) is 22.4 Å². The van der Waals surface area contributed by atoms with Crippen LogP contribution in [0.2, 0.25) is 5.02 Å². The van der Waals surface area contributed by atoms with Crippen LogP contribution in [0.1, 0.15) is 22.3 Å². The van der Waals surface area contributed by atoms with E-state index >= 15 is 0 Å². The topological polar surface area (TPSA) is 34.1 Å². The van der Waals surface area contributed by atoms with Crippen molar-refractivity contribution >= 4 is 11.6 Å². The average Bonchev–Trinajstić information content (AvgIpc) is 2.65. The van der Waals surface area contributed by atoms with Crippen molar-refractivity contribution in [1.82, 2.24) is 10.3 Å². The number of pyridine rings is 1. The van der Waals surface area contributed by atoms with Crippen molar-refractivity contribution in [3.05, 3.63) is 94.0 Å². The van der Waals surface area contributed by atoms with Crippen molar-refractivity contribution in [2.45, 2.75) is 26.6 Å². The lowest BCUT2D eigenvalue weighted by Gasteiger charge is -2.13. The predicted octanol–water partition coefficient (Wildman–Crippen LogP) is 5.05. The first-order valence-corrected chi connectivity index (χ1v) is 8.75. The molecule has 3 nitrogen and oxygen atoms in total. The van der Waals surface area contributed by atoms with E-state index in [2.05, 4.69) is 10.3 Å². The number of halogens is 2. The Morgan fingerprint density at radius 1 is 1.08 bits per heavy atom. The van der Waals surface area contributed by atoms with Gasteiger partial charge < -0.3 is 10.1 Å². The number of nitrogens with zero attached hydrogens (tertiary/aromatic N) is 1. The fourth-order valence-corrected chi connectivity index (χ4v) is 2.82. The van der Waals surface area contributed by atoms with Gasteiger partial charge in [-0.3, -0.25) is 4.98 Å². The van der Waals surface area contributed by atoms with Crippen molar-refractivity contribution < 1.29 is 9.13 Å². The summed E-state index contributed by atoms with van der Waals surface area (Å²) in [5.74, 6) is 0.593. The van der Waals surface area contributed by atoms with E-state index in [-0.39, 0.29) is 5.82 Å². The van der Waals surface area contributed by atoms with E-state index in [1.807, 2.05) is 36.4 Å². The summed E-state index contributed by atoms with van der Waals surface area (Å²) in [5.41, 5.74) is 3.65. The summed E-state index contributed by atoms with van der Waals surface area (Å²) in [6, 6.07) is 14.6. The maximum Gasteiger partial charge on any atom is 0.126 e. The van der Waals surface area contributed by atoms with Crippen LogP contribution in [0, 0.1) is 12.7 Å². The Kier molecular flexibility index (Phi) is 6.21. The molecule has 0 fully saturated rings. The van der Waals surface area contributed by atoms with Gasteiger partial charge in [0.05, 0.1) is 0 Å². The van der Waals surface area contributed by atoms with Gasteiger partial charge in [-0.25, -0.2) is 4.39 Å². The van der Waals surface area contributed by atoms with Crippen LogP contribution in [0.4, 0.5) is 4.39 Å². The largest absolute Gasteiger partial charge is 0.489 e. The Balaban J connectivity index is 1.62. The van der Waals surface area contributed by atoms with Crippen molar-refractivity contribution in [3.63, 3.8) is 0 Å². The van der Waals surface area contributed by atoms with Crippen LogP contribution in [-0.4, -0.2) is 4.98 Å². The molecule has 0 aliphatic rings. The van der Waals surface area contributed by atoms with Crippen LogP contribution in [0.5, 0.6) is 5.75 Å². The molecule has 134 valence electrons. The molecule has 2 aromatic carbocycles. The van der Waals surface area contributed by atoms with Gasteiger partial charge in [-0.15, -0.1) is 0 Å². The molecule has 0 atom stereocenters. The third kappa shape index (κ3) is 5.04. The molecule has 0 aliphatic heterocycles. The van der Waals surface area contributed by atoms with Crippen molar-refractivity contribution in [1.29, 1.82) is 0 Å². The van der Waals surface area contributed by atoms with Gasteiger partial charge in [0.2, 0.25) is 0 Å². The maximum absolute atomic E-state index is 13.4. The molecule has 0 aliphatic carbocycles. The van der Waals surface area contributed by atoms with Gasteiger partial charge in [0.15, 0.2) is 0 Å². The molecule has 0 bridgehead atoms. The number of nitrogens with one attached hydrogen (secondary N) is 1. The van der Waals surface area contributed by atoms with Gasteiger partial charge in [-0.2, -0.15) is 0 Å². The molecule has 3 rings (SSSR count). The molecule has 1 N–H and O–H groups in total. The van der Waals surface area contributed by atoms with Gasteiger partial charge in [-0.05, 0) is 48.4 Å². The molecule has 0 saturated carbocycles. The monoisotopic (exact) mass is 370 g/mol. The molecule has 0 spiro atoms. The first-order chi connectivity index (χ1) is 12.6. The van der Waals surface area contributed by atoms with Crippen molar-refractivity contribution in [2.75, 3.05) is 0 Å². The number of ether oxygens (including phenoxy) is 1. The minimum atomic E-state index is -0.185. The van der Waals surface area contributed by atoms with E-state index in [4.69, 9.17) is 16.3 Å². The van der Waals surface area contributed by atoms with Crippen LogP contribution in [0.3, 0.4) is 0 Å². The van der Waals surface area contributed by atoms with Crippen LogP contribution < -0.4 is 10.1 Å². The summed E-state index contributed by atoms with van der Waals surface area (Å²) >= 11 is 6.13. The molecule has 0 amide bonds. The summed E-state index contributed by atoms with van der Waals surface area (Å²) in [6.07, 6.45) is 3.52. The molecular formula is C21H20ClFN2O. The molecule has 3 aromatic rings. The fourth-order valence-electron chi connectivity index (χ4n) is 2.63. The second-order valence-electron chi connectivity index (χ2n) is 6.09. The first-order valence-electron chi connectivity index (χ1n) is 8.38. The predicted molar refractivity (Wildman–Crippen MR) is 102 cm³/mol. The van der Waals surface area contributed by atoms with Crippen LogP contribution in [0.25, 0.3) is 0 Å². The second-order valence-corrected chi connectivity index (χ2v) is 6.53. The highest BCUT2D eigenvalue weighted by atomic mass is 35.5. The van der Waals surface area contributed by atoms with E-state index in [1.165, 1.54) is 6.07 Å². The summed E-state index contributed by atoms with van der Waals surface area (Å²) in [4.78, 5) is 4.09. The Hall–Kier alpha value is -2.43. The Morgan fingerprint density at radius 2 is 1.96 bits per heavy atom. The number of hydrogen-bond donors (Lipinski definition) is 1.